The molecule has 4 rings (SSSR count). The van der Waals surface area contributed by atoms with Gasteiger partial charge in [0.25, 0.3) is 0 Å². The molecule has 0 aliphatic carbocycles. The van der Waals surface area contributed by atoms with Crippen LogP contribution in [-0.2, 0) is 15.7 Å². The smallest absolute Gasteiger partial charge is 0.416 e. The number of rotatable bonds is 6. The summed E-state index contributed by atoms with van der Waals surface area (Å²) in [6.07, 6.45) is -4.03. The second kappa shape index (κ2) is 9.54. The molecule has 0 bridgehead atoms. The normalized spacial score (nSPS) is 26.9. The molecule has 2 N–H and O–H groups in total. The number of nitrogens with two attached hydrogens (primary N) is 1. The van der Waals surface area contributed by atoms with Gasteiger partial charge in [0.15, 0.2) is 0 Å². The average molecular weight is 481 g/mol. The van der Waals surface area contributed by atoms with Crippen LogP contribution in [0.5, 0.6) is 5.75 Å². The van der Waals surface area contributed by atoms with Crippen LogP contribution < -0.4 is 10.5 Å². The molecule has 2 aliphatic heterocycles. The molecular formula is C25H28F4N2O3. The number of carbonyl (C=O) groups excluding carboxylic acids is 1. The quantitative estimate of drug-likeness (QED) is 0.619. The maximum Gasteiger partial charge on any atom is 0.416 e. The summed E-state index contributed by atoms with van der Waals surface area (Å²) in [5.41, 5.74) is 4.65. The van der Waals surface area contributed by atoms with E-state index in [1.807, 2.05) is 11.8 Å². The van der Waals surface area contributed by atoms with Crippen LogP contribution in [0.25, 0.3) is 0 Å². The molecule has 2 saturated heterocycles. The van der Waals surface area contributed by atoms with Crippen molar-refractivity contribution in [3.05, 3.63) is 65.5 Å². The first kappa shape index (κ1) is 24.5. The summed E-state index contributed by atoms with van der Waals surface area (Å²) in [6.45, 7) is 3.01. The number of carbonyl (C=O) groups is 1. The molecule has 2 heterocycles. The topological polar surface area (TPSA) is 64.8 Å². The van der Waals surface area contributed by atoms with Crippen LogP contribution in [0.4, 0.5) is 17.6 Å². The van der Waals surface area contributed by atoms with Crippen molar-refractivity contribution < 1.29 is 31.8 Å². The van der Waals surface area contributed by atoms with E-state index in [9.17, 15) is 22.4 Å². The van der Waals surface area contributed by atoms with E-state index in [4.69, 9.17) is 15.2 Å². The molecule has 2 aliphatic rings. The Bertz CT molecular complexity index is 1030. The minimum Gasteiger partial charge on any atom is -0.489 e. The van der Waals surface area contributed by atoms with Gasteiger partial charge in [-0.2, -0.15) is 13.2 Å². The number of halogens is 4. The Morgan fingerprint density at radius 1 is 1.24 bits per heavy atom. The van der Waals surface area contributed by atoms with E-state index >= 15 is 0 Å². The first-order valence-corrected chi connectivity index (χ1v) is 11.3. The molecule has 0 spiro atoms. The molecule has 5 nitrogen and oxygen atoms in total. The summed E-state index contributed by atoms with van der Waals surface area (Å²) in [6, 6.07) is 11.3. The molecular weight excluding hydrogens is 452 g/mol. The molecule has 2 aromatic rings. The molecule has 1 amide bonds. The number of ether oxygens (including phenoxy) is 2. The zero-order valence-electron chi connectivity index (χ0n) is 18.9. The third-order valence-corrected chi connectivity index (χ3v) is 7.01. The van der Waals surface area contributed by atoms with Gasteiger partial charge in [0.1, 0.15) is 23.2 Å². The van der Waals surface area contributed by atoms with E-state index in [0.717, 1.165) is 12.1 Å². The van der Waals surface area contributed by atoms with E-state index < -0.39 is 29.3 Å². The molecule has 2 unspecified atom stereocenters. The van der Waals surface area contributed by atoms with Crippen molar-refractivity contribution in [2.45, 2.75) is 56.0 Å². The van der Waals surface area contributed by atoms with Crippen LogP contribution in [0.15, 0.2) is 48.5 Å². The summed E-state index contributed by atoms with van der Waals surface area (Å²) >= 11 is 0. The zero-order chi connectivity index (χ0) is 24.5. The first-order valence-electron chi connectivity index (χ1n) is 11.3. The zero-order valence-corrected chi connectivity index (χ0v) is 18.9. The number of hydrogen-bond acceptors (Lipinski definition) is 4. The van der Waals surface area contributed by atoms with Gasteiger partial charge in [-0.25, -0.2) is 4.39 Å². The maximum absolute atomic E-state index is 14.4. The monoisotopic (exact) mass is 480 g/mol. The molecule has 2 fully saturated rings. The van der Waals surface area contributed by atoms with Gasteiger partial charge in [-0.1, -0.05) is 31.2 Å². The number of likely N-dealkylation sites (tertiary alicyclic amines) is 1. The second-order valence-electron chi connectivity index (χ2n) is 9.07. The third kappa shape index (κ3) is 4.90. The highest BCUT2D eigenvalue weighted by atomic mass is 19.4. The fourth-order valence-corrected chi connectivity index (χ4v) is 5.06. The highest BCUT2D eigenvalue weighted by Gasteiger charge is 2.50. The van der Waals surface area contributed by atoms with Crippen LogP contribution in [0.3, 0.4) is 0 Å². The lowest BCUT2D eigenvalue weighted by molar-refractivity contribution is -0.142. The Morgan fingerprint density at radius 3 is 2.71 bits per heavy atom. The lowest BCUT2D eigenvalue weighted by atomic mass is 9.79. The summed E-state index contributed by atoms with van der Waals surface area (Å²) in [5, 5.41) is 0. The van der Waals surface area contributed by atoms with Gasteiger partial charge in [-0.05, 0) is 42.7 Å². The van der Waals surface area contributed by atoms with Gasteiger partial charge in [0, 0.05) is 32.0 Å². The Kier molecular flexibility index (Phi) is 6.87. The Hall–Kier alpha value is -2.65. The lowest BCUT2D eigenvalue weighted by Gasteiger charge is -2.46. The van der Waals surface area contributed by atoms with Crippen molar-refractivity contribution >= 4 is 5.91 Å². The summed E-state index contributed by atoms with van der Waals surface area (Å²) in [5.74, 6) is -0.973. The van der Waals surface area contributed by atoms with Crippen LogP contribution in [-0.4, -0.2) is 48.3 Å². The average Bonchev–Trinajstić information content (AvgIpc) is 3.27. The number of alkyl halides is 3. The van der Waals surface area contributed by atoms with E-state index in [0.29, 0.717) is 44.5 Å². The fraction of sp³-hybridized carbons (Fsp3) is 0.480. The minimum absolute atomic E-state index is 0.132. The number of hydrogen-bond donors (Lipinski definition) is 1. The SMILES string of the molecule is C[C@@H](c1ccccc1F)C1CC(C(N)=O)(N2CC[C@@H](Oc3cccc(C(F)(F)F)c3)C2)CCO1. The molecule has 34 heavy (non-hydrogen) atoms. The van der Waals surface area contributed by atoms with Crippen LogP contribution in [0, 0.1) is 5.82 Å². The predicted molar refractivity (Wildman–Crippen MR) is 118 cm³/mol. The van der Waals surface area contributed by atoms with Gasteiger partial charge >= 0.3 is 6.18 Å². The highest BCUT2D eigenvalue weighted by Crippen LogP contribution is 2.39. The summed E-state index contributed by atoms with van der Waals surface area (Å²) in [7, 11) is 0. The van der Waals surface area contributed by atoms with Crippen molar-refractivity contribution in [1.82, 2.24) is 4.90 Å². The van der Waals surface area contributed by atoms with Crippen LogP contribution >= 0.6 is 0 Å². The maximum atomic E-state index is 14.4. The van der Waals surface area contributed by atoms with Crippen molar-refractivity contribution in [2.24, 2.45) is 5.73 Å². The summed E-state index contributed by atoms with van der Waals surface area (Å²) < 4.78 is 65.2. The number of nitrogens with zero attached hydrogens (tertiary/aromatic N) is 1. The largest absolute Gasteiger partial charge is 0.489 e. The van der Waals surface area contributed by atoms with Crippen LogP contribution in [0.1, 0.15) is 43.2 Å². The van der Waals surface area contributed by atoms with E-state index in [-0.39, 0.29) is 23.6 Å². The standard InChI is InChI=1S/C25H28F4N2O3/c1-16(20-7-2-3-8-21(20)26)22-14-24(23(30)32,10-12-33-22)31-11-9-19(15-31)34-18-6-4-5-17(13-18)25(27,28)29/h2-8,13,16,19,22H,9-12,14-15H2,1H3,(H2,30,32)/t16-,19+,22?,24?/m0/s1. The summed E-state index contributed by atoms with van der Waals surface area (Å²) in [4.78, 5) is 14.7. The van der Waals surface area contributed by atoms with E-state index in [2.05, 4.69) is 0 Å². The van der Waals surface area contributed by atoms with E-state index in [1.54, 1.807) is 18.2 Å². The van der Waals surface area contributed by atoms with Gasteiger partial charge in [-0.3, -0.25) is 9.69 Å². The predicted octanol–water partition coefficient (Wildman–Crippen LogP) is 4.50. The van der Waals surface area contributed by atoms with Crippen molar-refractivity contribution in [3.8, 4) is 5.75 Å². The molecule has 2 aromatic carbocycles. The van der Waals surface area contributed by atoms with Gasteiger partial charge in [0.05, 0.1) is 11.7 Å². The molecule has 184 valence electrons. The number of primary amides is 1. The Morgan fingerprint density at radius 2 is 2.00 bits per heavy atom. The fourth-order valence-electron chi connectivity index (χ4n) is 5.06. The molecule has 0 radical (unpaired) electrons. The van der Waals surface area contributed by atoms with Crippen molar-refractivity contribution in [3.63, 3.8) is 0 Å². The number of benzene rings is 2. The van der Waals surface area contributed by atoms with Crippen molar-refractivity contribution in [2.75, 3.05) is 19.7 Å². The molecule has 4 atom stereocenters. The lowest BCUT2D eigenvalue weighted by Crippen LogP contribution is -2.61. The Labute approximate surface area is 195 Å². The molecule has 0 saturated carbocycles. The third-order valence-electron chi connectivity index (χ3n) is 7.01. The van der Waals surface area contributed by atoms with Crippen LogP contribution in [0.2, 0.25) is 0 Å². The second-order valence-corrected chi connectivity index (χ2v) is 9.07. The minimum atomic E-state index is -4.46. The first-order chi connectivity index (χ1) is 16.1. The van der Waals surface area contributed by atoms with Gasteiger partial charge in [0.2, 0.25) is 5.91 Å². The molecule has 9 heteroatoms. The van der Waals surface area contributed by atoms with Gasteiger partial charge in [-0.15, -0.1) is 0 Å². The van der Waals surface area contributed by atoms with E-state index in [1.165, 1.54) is 18.2 Å². The Balaban J connectivity index is 1.48. The van der Waals surface area contributed by atoms with Crippen molar-refractivity contribution in [1.29, 1.82) is 0 Å². The number of amides is 1. The highest BCUT2D eigenvalue weighted by molar-refractivity contribution is 5.85. The van der Waals surface area contributed by atoms with Gasteiger partial charge < -0.3 is 15.2 Å². The molecule has 0 aromatic heterocycles.